The largest absolute Gasteiger partial charge is 0.325 e. The van der Waals surface area contributed by atoms with E-state index in [1.807, 2.05) is 18.6 Å². The number of halogens is 1. The minimum Gasteiger partial charge on any atom is -0.325 e. The van der Waals surface area contributed by atoms with Crippen LogP contribution < -0.4 is 5.32 Å². The van der Waals surface area contributed by atoms with Gasteiger partial charge in [-0.05, 0) is 19.1 Å². The molecule has 2 aromatic heterocycles. The van der Waals surface area contributed by atoms with Crippen LogP contribution in [0.5, 0.6) is 0 Å². The molecule has 0 aromatic carbocycles. The fourth-order valence-electron chi connectivity index (χ4n) is 1.82. The fraction of sp³-hybridized carbons (Fsp3) is 0.462. The lowest BCUT2D eigenvalue weighted by Gasteiger charge is -2.16. The van der Waals surface area contributed by atoms with Gasteiger partial charge in [0.05, 0.1) is 22.4 Å². The zero-order chi connectivity index (χ0) is 13.1. The molecule has 2 rings (SSSR count). The van der Waals surface area contributed by atoms with Crippen molar-refractivity contribution < 1.29 is 0 Å². The Morgan fingerprint density at radius 2 is 2.17 bits per heavy atom. The summed E-state index contributed by atoms with van der Waals surface area (Å²) >= 11 is 7.61. The Balaban J connectivity index is 2.15. The van der Waals surface area contributed by atoms with Crippen molar-refractivity contribution in [3.8, 4) is 0 Å². The van der Waals surface area contributed by atoms with Crippen molar-refractivity contribution in [2.75, 3.05) is 0 Å². The van der Waals surface area contributed by atoms with Crippen molar-refractivity contribution >= 4 is 22.9 Å². The lowest BCUT2D eigenvalue weighted by Crippen LogP contribution is -2.24. The average molecular weight is 284 g/mol. The van der Waals surface area contributed by atoms with Crippen molar-refractivity contribution in [2.24, 2.45) is 0 Å². The molecule has 0 saturated carbocycles. The maximum Gasteiger partial charge on any atom is 0.0954 e. The molecule has 0 fully saturated rings. The van der Waals surface area contributed by atoms with Crippen molar-refractivity contribution in [3.63, 3.8) is 0 Å². The molecule has 98 valence electrons. The predicted molar refractivity (Wildman–Crippen MR) is 77.3 cm³/mol. The van der Waals surface area contributed by atoms with E-state index in [1.54, 1.807) is 11.3 Å². The molecule has 0 spiro atoms. The summed E-state index contributed by atoms with van der Waals surface area (Å²) in [6, 6.07) is 4.77. The van der Waals surface area contributed by atoms with E-state index < -0.39 is 0 Å². The van der Waals surface area contributed by atoms with Crippen LogP contribution in [0.3, 0.4) is 0 Å². The van der Waals surface area contributed by atoms with Crippen molar-refractivity contribution in [1.29, 1.82) is 0 Å². The molecule has 1 atom stereocenters. The van der Waals surface area contributed by atoms with E-state index in [0.717, 1.165) is 10.9 Å². The van der Waals surface area contributed by atoms with Crippen LogP contribution >= 0.6 is 22.9 Å². The van der Waals surface area contributed by atoms with E-state index in [0.29, 0.717) is 6.04 Å². The quantitative estimate of drug-likeness (QED) is 0.907. The summed E-state index contributed by atoms with van der Waals surface area (Å²) in [4.78, 5) is 5.50. The molecule has 1 unspecified atom stereocenters. The Morgan fingerprint density at radius 3 is 2.78 bits per heavy atom. The molecule has 5 heteroatoms. The minimum atomic E-state index is 0.272. The highest BCUT2D eigenvalue weighted by Gasteiger charge is 2.13. The number of hydrogen-bond acceptors (Lipinski definition) is 3. The molecule has 2 aromatic rings. The number of rotatable bonds is 5. The molecule has 3 nitrogen and oxygen atoms in total. The van der Waals surface area contributed by atoms with Crippen LogP contribution in [0.2, 0.25) is 4.34 Å². The fourth-order valence-corrected chi connectivity index (χ4v) is 2.93. The van der Waals surface area contributed by atoms with Gasteiger partial charge in [-0.3, -0.25) is 0 Å². The molecule has 0 radical (unpaired) electrons. The van der Waals surface area contributed by atoms with E-state index in [2.05, 4.69) is 41.7 Å². The first-order chi connectivity index (χ1) is 8.58. The number of aromatic nitrogens is 2. The SMILES string of the molecule is CC(C)NCc1cncn1C(C)c1ccc(Cl)s1. The first-order valence-electron chi connectivity index (χ1n) is 6.07. The van der Waals surface area contributed by atoms with Crippen molar-refractivity contribution in [3.05, 3.63) is 39.6 Å². The number of thiophene rings is 1. The molecule has 0 aliphatic carbocycles. The van der Waals surface area contributed by atoms with Gasteiger partial charge in [-0.15, -0.1) is 11.3 Å². The van der Waals surface area contributed by atoms with Gasteiger partial charge in [-0.25, -0.2) is 4.98 Å². The molecule has 0 aliphatic heterocycles. The van der Waals surface area contributed by atoms with Crippen LogP contribution in [0, 0.1) is 0 Å². The van der Waals surface area contributed by atoms with Crippen LogP contribution in [0.1, 0.15) is 37.4 Å². The third kappa shape index (κ3) is 3.13. The van der Waals surface area contributed by atoms with Crippen molar-refractivity contribution in [2.45, 2.75) is 39.4 Å². The van der Waals surface area contributed by atoms with Crippen LogP contribution in [-0.2, 0) is 6.54 Å². The molecule has 1 N–H and O–H groups in total. The number of nitrogens with zero attached hydrogens (tertiary/aromatic N) is 2. The highest BCUT2D eigenvalue weighted by molar-refractivity contribution is 7.16. The zero-order valence-corrected chi connectivity index (χ0v) is 12.4. The third-order valence-corrected chi connectivity index (χ3v) is 4.26. The van der Waals surface area contributed by atoms with Gasteiger partial charge in [-0.2, -0.15) is 0 Å². The molecule has 0 aliphatic rings. The van der Waals surface area contributed by atoms with Gasteiger partial charge in [0.2, 0.25) is 0 Å². The van der Waals surface area contributed by atoms with Crippen LogP contribution in [-0.4, -0.2) is 15.6 Å². The highest BCUT2D eigenvalue weighted by atomic mass is 35.5. The lowest BCUT2D eigenvalue weighted by molar-refractivity contribution is 0.542. The molecule has 0 amide bonds. The molecule has 0 bridgehead atoms. The van der Waals surface area contributed by atoms with Crippen LogP contribution in [0.25, 0.3) is 0 Å². The Bertz CT molecular complexity index is 504. The smallest absolute Gasteiger partial charge is 0.0954 e. The summed E-state index contributed by atoms with van der Waals surface area (Å²) in [6.45, 7) is 7.29. The Hall–Kier alpha value is -0.840. The summed E-state index contributed by atoms with van der Waals surface area (Å²) in [5.41, 5.74) is 1.20. The summed E-state index contributed by atoms with van der Waals surface area (Å²) in [5.74, 6) is 0. The second-order valence-corrected chi connectivity index (χ2v) is 6.39. The first-order valence-corrected chi connectivity index (χ1v) is 7.26. The van der Waals surface area contributed by atoms with Gasteiger partial charge in [0.15, 0.2) is 0 Å². The standard InChI is InChI=1S/C13H18ClN3S/c1-9(2)16-7-11-6-15-8-17(11)10(3)12-4-5-13(14)18-12/h4-6,8-10,16H,7H2,1-3H3. The number of imidazole rings is 1. The predicted octanol–water partition coefficient (Wildman–Crippen LogP) is 3.71. The number of hydrogen-bond donors (Lipinski definition) is 1. The number of nitrogens with one attached hydrogen (secondary N) is 1. The second-order valence-electron chi connectivity index (χ2n) is 4.65. The Labute approximate surface area is 117 Å². The van der Waals surface area contributed by atoms with Crippen LogP contribution in [0.4, 0.5) is 0 Å². The monoisotopic (exact) mass is 283 g/mol. The molecular formula is C13H18ClN3S. The maximum atomic E-state index is 5.99. The minimum absolute atomic E-state index is 0.272. The Morgan fingerprint density at radius 1 is 1.39 bits per heavy atom. The second kappa shape index (κ2) is 5.87. The third-order valence-electron chi connectivity index (χ3n) is 2.86. The van der Waals surface area contributed by atoms with E-state index in [9.17, 15) is 0 Å². The average Bonchev–Trinajstić information content (AvgIpc) is 2.93. The van der Waals surface area contributed by atoms with E-state index in [4.69, 9.17) is 11.6 Å². The highest BCUT2D eigenvalue weighted by Crippen LogP contribution is 2.29. The van der Waals surface area contributed by atoms with Gasteiger partial charge in [0, 0.05) is 23.7 Å². The first kappa shape index (κ1) is 13.6. The molecule has 18 heavy (non-hydrogen) atoms. The topological polar surface area (TPSA) is 29.9 Å². The van der Waals surface area contributed by atoms with Gasteiger partial charge < -0.3 is 9.88 Å². The lowest BCUT2D eigenvalue weighted by atomic mass is 10.2. The van der Waals surface area contributed by atoms with Gasteiger partial charge in [-0.1, -0.05) is 25.4 Å². The molecule has 0 saturated heterocycles. The zero-order valence-electron chi connectivity index (χ0n) is 10.9. The summed E-state index contributed by atoms with van der Waals surface area (Å²) in [5, 5.41) is 3.42. The van der Waals surface area contributed by atoms with Crippen molar-refractivity contribution in [1.82, 2.24) is 14.9 Å². The normalized spacial score (nSPS) is 13.2. The van der Waals surface area contributed by atoms with Gasteiger partial charge in [0.1, 0.15) is 0 Å². The maximum absolute atomic E-state index is 5.99. The summed E-state index contributed by atoms with van der Waals surface area (Å²) < 4.78 is 3.02. The summed E-state index contributed by atoms with van der Waals surface area (Å²) in [7, 11) is 0. The molecular weight excluding hydrogens is 266 g/mol. The Kier molecular flexibility index (Phi) is 4.43. The van der Waals surface area contributed by atoms with Gasteiger partial charge >= 0.3 is 0 Å². The summed E-state index contributed by atoms with van der Waals surface area (Å²) in [6.07, 6.45) is 3.80. The van der Waals surface area contributed by atoms with Gasteiger partial charge in [0.25, 0.3) is 0 Å². The van der Waals surface area contributed by atoms with E-state index >= 15 is 0 Å². The molecule has 2 heterocycles. The van der Waals surface area contributed by atoms with E-state index in [1.165, 1.54) is 10.6 Å². The van der Waals surface area contributed by atoms with Crippen LogP contribution in [0.15, 0.2) is 24.7 Å². The van der Waals surface area contributed by atoms with E-state index in [-0.39, 0.29) is 6.04 Å².